The van der Waals surface area contributed by atoms with Crippen LogP contribution in [-0.2, 0) is 11.3 Å². The Labute approximate surface area is 132 Å². The minimum atomic E-state index is -0.821. The predicted octanol–water partition coefficient (Wildman–Crippen LogP) is 2.94. The second kappa shape index (κ2) is 7.71. The third kappa shape index (κ3) is 4.01. The Bertz CT molecular complexity index is 484. The molecule has 0 amide bonds. The summed E-state index contributed by atoms with van der Waals surface area (Å²) in [6.45, 7) is 2.66. The largest absolute Gasteiger partial charge is 0.480 e. The summed E-state index contributed by atoms with van der Waals surface area (Å²) >= 11 is 3.45. The predicted molar refractivity (Wildman–Crippen MR) is 80.7 cm³/mol. The van der Waals surface area contributed by atoms with Crippen LogP contribution in [0.2, 0.25) is 0 Å². The molecule has 7 heteroatoms. The molecule has 1 aromatic rings. The summed E-state index contributed by atoms with van der Waals surface area (Å²) in [6, 6.07) is 3.18. The van der Waals surface area contributed by atoms with E-state index in [9.17, 15) is 4.79 Å². The fourth-order valence-corrected chi connectivity index (χ4v) is 2.39. The van der Waals surface area contributed by atoms with Crippen molar-refractivity contribution in [2.75, 3.05) is 6.79 Å². The van der Waals surface area contributed by atoms with Gasteiger partial charge in [-0.3, -0.25) is 4.79 Å². The number of ether oxygens (including phenoxy) is 2. The van der Waals surface area contributed by atoms with Gasteiger partial charge in [-0.05, 0) is 24.1 Å². The number of hydrogen-bond acceptors (Lipinski definition) is 4. The third-order valence-corrected chi connectivity index (χ3v) is 3.69. The fraction of sp³-hybridized carbons (Fsp3) is 0.462. The van der Waals surface area contributed by atoms with Gasteiger partial charge in [-0.25, -0.2) is 0 Å². The van der Waals surface area contributed by atoms with Gasteiger partial charge >= 0.3 is 5.97 Å². The molecule has 0 bridgehead atoms. The number of halogens is 2. The van der Waals surface area contributed by atoms with Crippen LogP contribution in [0, 0.1) is 0 Å². The third-order valence-electron chi connectivity index (χ3n) is 2.96. The van der Waals surface area contributed by atoms with Gasteiger partial charge < -0.3 is 19.9 Å². The maximum Gasteiger partial charge on any atom is 0.320 e. The lowest BCUT2D eigenvalue weighted by atomic mass is 10.1. The standard InChI is InChI=1S/C13H16BrNO4.ClH/c1-2-3-10(13(16)17)15-6-8-4-11-12(5-9(8)14)19-7-18-11;/h4-5,10,15H,2-3,6-7H2,1H3,(H,16,17);1H. The number of fused-ring (bicyclic) bond motifs is 1. The minimum absolute atomic E-state index is 0. The van der Waals surface area contributed by atoms with Crippen molar-refractivity contribution in [3.8, 4) is 11.5 Å². The Balaban J connectivity index is 0.00000200. The molecule has 112 valence electrons. The van der Waals surface area contributed by atoms with Gasteiger partial charge in [-0.1, -0.05) is 29.3 Å². The maximum atomic E-state index is 11.1. The molecular formula is C13H17BrClNO4. The van der Waals surface area contributed by atoms with E-state index in [0.717, 1.165) is 16.5 Å². The molecular weight excluding hydrogens is 350 g/mol. The second-order valence-electron chi connectivity index (χ2n) is 4.36. The summed E-state index contributed by atoms with van der Waals surface area (Å²) in [5.41, 5.74) is 0.951. The summed E-state index contributed by atoms with van der Waals surface area (Å²) in [4.78, 5) is 11.1. The van der Waals surface area contributed by atoms with Crippen molar-refractivity contribution in [1.29, 1.82) is 0 Å². The van der Waals surface area contributed by atoms with E-state index >= 15 is 0 Å². The zero-order chi connectivity index (χ0) is 13.8. The first-order chi connectivity index (χ1) is 9.11. The van der Waals surface area contributed by atoms with Gasteiger partial charge in [-0.15, -0.1) is 12.4 Å². The number of rotatable bonds is 6. The SMILES string of the molecule is CCCC(NCc1cc2c(cc1Br)OCO2)C(=O)O.Cl. The number of nitrogens with one attached hydrogen (secondary N) is 1. The van der Waals surface area contributed by atoms with Gasteiger partial charge in [0, 0.05) is 11.0 Å². The smallest absolute Gasteiger partial charge is 0.320 e. The van der Waals surface area contributed by atoms with Crippen molar-refractivity contribution in [2.45, 2.75) is 32.4 Å². The lowest BCUT2D eigenvalue weighted by molar-refractivity contribution is -0.139. The van der Waals surface area contributed by atoms with Crippen LogP contribution in [0.3, 0.4) is 0 Å². The Morgan fingerprint density at radius 1 is 1.45 bits per heavy atom. The minimum Gasteiger partial charge on any atom is -0.480 e. The van der Waals surface area contributed by atoms with Gasteiger partial charge in [0.1, 0.15) is 6.04 Å². The number of hydrogen-bond donors (Lipinski definition) is 2. The zero-order valence-electron chi connectivity index (χ0n) is 11.0. The van der Waals surface area contributed by atoms with E-state index in [1.165, 1.54) is 0 Å². The van der Waals surface area contributed by atoms with Gasteiger partial charge in [0.15, 0.2) is 11.5 Å². The highest BCUT2D eigenvalue weighted by molar-refractivity contribution is 9.10. The molecule has 2 rings (SSSR count). The van der Waals surface area contributed by atoms with Crippen LogP contribution in [0.1, 0.15) is 25.3 Å². The van der Waals surface area contributed by atoms with Crippen LogP contribution in [0.5, 0.6) is 11.5 Å². The first-order valence-corrected chi connectivity index (χ1v) is 6.95. The van der Waals surface area contributed by atoms with E-state index in [1.807, 2.05) is 19.1 Å². The Morgan fingerprint density at radius 2 is 2.10 bits per heavy atom. The lowest BCUT2D eigenvalue weighted by Crippen LogP contribution is -2.36. The summed E-state index contributed by atoms with van der Waals surface area (Å²) in [6.07, 6.45) is 1.43. The first-order valence-electron chi connectivity index (χ1n) is 6.16. The van der Waals surface area contributed by atoms with Crippen LogP contribution >= 0.6 is 28.3 Å². The monoisotopic (exact) mass is 365 g/mol. The highest BCUT2D eigenvalue weighted by atomic mass is 79.9. The molecule has 2 N–H and O–H groups in total. The molecule has 0 saturated heterocycles. The van der Waals surface area contributed by atoms with Gasteiger partial charge in [0.25, 0.3) is 0 Å². The Hall–Kier alpha value is -0.980. The molecule has 1 unspecified atom stereocenters. The molecule has 0 aliphatic carbocycles. The quantitative estimate of drug-likeness (QED) is 0.810. The van der Waals surface area contributed by atoms with E-state index < -0.39 is 12.0 Å². The molecule has 1 aliphatic rings. The lowest BCUT2D eigenvalue weighted by Gasteiger charge is -2.14. The number of aliphatic carboxylic acids is 1. The van der Waals surface area contributed by atoms with Crippen LogP contribution < -0.4 is 14.8 Å². The summed E-state index contributed by atoms with van der Waals surface area (Å²) in [5, 5.41) is 12.1. The van der Waals surface area contributed by atoms with E-state index in [-0.39, 0.29) is 19.2 Å². The molecule has 1 aromatic carbocycles. The van der Waals surface area contributed by atoms with Gasteiger partial charge in [0.2, 0.25) is 6.79 Å². The summed E-state index contributed by atoms with van der Waals surface area (Å²) in [5.74, 6) is 0.583. The van der Waals surface area contributed by atoms with Crippen LogP contribution in [-0.4, -0.2) is 23.9 Å². The Morgan fingerprint density at radius 3 is 2.70 bits per heavy atom. The highest BCUT2D eigenvalue weighted by Gasteiger charge is 2.19. The Kier molecular flexibility index (Phi) is 6.58. The molecule has 1 aliphatic heterocycles. The van der Waals surface area contributed by atoms with Crippen molar-refractivity contribution < 1.29 is 19.4 Å². The topological polar surface area (TPSA) is 67.8 Å². The van der Waals surface area contributed by atoms with E-state index in [4.69, 9.17) is 14.6 Å². The average Bonchev–Trinajstić information content (AvgIpc) is 2.80. The first kappa shape index (κ1) is 17.1. The zero-order valence-corrected chi connectivity index (χ0v) is 13.4. The van der Waals surface area contributed by atoms with Crippen molar-refractivity contribution in [3.63, 3.8) is 0 Å². The maximum absolute atomic E-state index is 11.1. The molecule has 1 heterocycles. The summed E-state index contributed by atoms with van der Waals surface area (Å²) < 4.78 is 11.5. The summed E-state index contributed by atoms with van der Waals surface area (Å²) in [7, 11) is 0. The number of benzene rings is 1. The van der Waals surface area contributed by atoms with E-state index in [1.54, 1.807) is 0 Å². The number of carbonyl (C=O) groups is 1. The van der Waals surface area contributed by atoms with Crippen LogP contribution in [0.25, 0.3) is 0 Å². The molecule has 0 radical (unpaired) electrons. The van der Waals surface area contributed by atoms with Crippen molar-refractivity contribution in [1.82, 2.24) is 5.32 Å². The molecule has 1 atom stereocenters. The molecule has 20 heavy (non-hydrogen) atoms. The van der Waals surface area contributed by atoms with Crippen LogP contribution in [0.15, 0.2) is 16.6 Å². The molecule has 0 spiro atoms. The van der Waals surface area contributed by atoms with Crippen molar-refractivity contribution in [2.24, 2.45) is 0 Å². The van der Waals surface area contributed by atoms with Crippen molar-refractivity contribution >= 4 is 34.3 Å². The molecule has 5 nitrogen and oxygen atoms in total. The number of carboxylic acids is 1. The second-order valence-corrected chi connectivity index (χ2v) is 5.21. The van der Waals surface area contributed by atoms with Crippen molar-refractivity contribution in [3.05, 3.63) is 22.2 Å². The normalized spacial score (nSPS) is 13.7. The number of carboxylic acid groups (broad SMARTS) is 1. The van der Waals surface area contributed by atoms with Gasteiger partial charge in [0.05, 0.1) is 0 Å². The van der Waals surface area contributed by atoms with Crippen LogP contribution in [0.4, 0.5) is 0 Å². The van der Waals surface area contributed by atoms with E-state index in [0.29, 0.717) is 24.5 Å². The molecule has 0 fully saturated rings. The highest BCUT2D eigenvalue weighted by Crippen LogP contribution is 2.36. The van der Waals surface area contributed by atoms with E-state index in [2.05, 4.69) is 21.2 Å². The fourth-order valence-electron chi connectivity index (χ4n) is 1.93. The molecule has 0 saturated carbocycles. The molecule has 0 aromatic heterocycles. The van der Waals surface area contributed by atoms with Gasteiger partial charge in [-0.2, -0.15) is 0 Å². The average molecular weight is 367 g/mol.